The highest BCUT2D eigenvalue weighted by atomic mass is 16.5. The summed E-state index contributed by atoms with van der Waals surface area (Å²) in [6, 6.07) is 3.24. The molecule has 28 heavy (non-hydrogen) atoms. The van der Waals surface area contributed by atoms with Crippen LogP contribution >= 0.6 is 0 Å². The van der Waals surface area contributed by atoms with E-state index < -0.39 is 5.41 Å². The number of hydrogen-bond acceptors (Lipinski definition) is 5. The Morgan fingerprint density at radius 1 is 1.11 bits per heavy atom. The summed E-state index contributed by atoms with van der Waals surface area (Å²) in [4.78, 5) is 23.4. The fraction of sp³-hybridized carbons (Fsp3) is 0.636. The predicted octanol–water partition coefficient (Wildman–Crippen LogP) is 4.75. The van der Waals surface area contributed by atoms with Gasteiger partial charge in [-0.25, -0.2) is 5.06 Å². The molecule has 0 atom stereocenters. The number of amides is 1. The van der Waals surface area contributed by atoms with Crippen LogP contribution in [-0.2, 0) is 11.2 Å². The lowest BCUT2D eigenvalue weighted by Crippen LogP contribution is -2.36. The lowest BCUT2D eigenvalue weighted by atomic mass is 9.85. The minimum atomic E-state index is -0.544. The molecule has 0 bridgehead atoms. The zero-order chi connectivity index (χ0) is 21.3. The highest BCUT2D eigenvalue weighted by Gasteiger charge is 2.29. The highest BCUT2D eigenvalue weighted by molar-refractivity contribution is 5.97. The molecule has 0 heterocycles. The van der Waals surface area contributed by atoms with Gasteiger partial charge in [-0.15, -0.1) is 0 Å². The maximum atomic E-state index is 11.9. The second-order valence-electron chi connectivity index (χ2n) is 7.97. The number of aromatic hydroxyl groups is 1. The summed E-state index contributed by atoms with van der Waals surface area (Å²) in [6.07, 6.45) is 6.42. The molecule has 2 N–H and O–H groups in total. The van der Waals surface area contributed by atoms with Crippen molar-refractivity contribution in [3.63, 3.8) is 0 Å². The van der Waals surface area contributed by atoms with Crippen LogP contribution in [0, 0.1) is 5.41 Å². The molecule has 6 heteroatoms. The maximum Gasteiger partial charge on any atom is 0.251 e. The first-order chi connectivity index (χ1) is 13.1. The molecule has 1 rings (SSSR count). The molecule has 0 saturated carbocycles. The van der Waals surface area contributed by atoms with Gasteiger partial charge in [-0.05, 0) is 37.8 Å². The van der Waals surface area contributed by atoms with Gasteiger partial charge in [0.05, 0.1) is 12.2 Å². The first-order valence-electron chi connectivity index (χ1n) is 10.1. The number of rotatable bonds is 12. The molecule has 1 aromatic carbocycles. The first-order valence-corrected chi connectivity index (χ1v) is 10.1. The summed E-state index contributed by atoms with van der Waals surface area (Å²) >= 11 is 0. The number of benzene rings is 1. The van der Waals surface area contributed by atoms with Crippen molar-refractivity contribution in [1.82, 2.24) is 5.06 Å². The van der Waals surface area contributed by atoms with Crippen LogP contribution in [0.3, 0.4) is 0 Å². The molecule has 1 aromatic rings. The number of carbonyl (C=O) groups is 2. The highest BCUT2D eigenvalue weighted by Crippen LogP contribution is 2.30. The smallest absolute Gasteiger partial charge is 0.251 e. The third-order valence-corrected chi connectivity index (χ3v) is 5.02. The number of Topliss-reactive ketones (excluding diaryl/α,β-unsaturated/α-hetero) is 1. The van der Waals surface area contributed by atoms with Crippen LogP contribution in [0.4, 0.5) is 0 Å². The standard InChI is InChI=1S/C22H35NO5/c1-6-17-14-18(16(2)24)19(25)15-20(17)28-13-11-9-7-8-10-12-22(3,4)21(26)23(5)27/h14-15,25,27H,6-13H2,1-5H3. The molecule has 0 unspecified atom stereocenters. The molecule has 6 nitrogen and oxygen atoms in total. The number of aryl methyl sites for hydroxylation is 1. The quantitative estimate of drug-likeness (QED) is 0.232. The summed E-state index contributed by atoms with van der Waals surface area (Å²) in [6.45, 7) is 7.70. The van der Waals surface area contributed by atoms with Gasteiger partial charge in [0.15, 0.2) is 5.78 Å². The fourth-order valence-corrected chi connectivity index (χ4v) is 3.23. The Balaban J connectivity index is 2.32. The van der Waals surface area contributed by atoms with Crippen molar-refractivity contribution in [3.8, 4) is 11.5 Å². The van der Waals surface area contributed by atoms with Crippen LogP contribution in [0.25, 0.3) is 0 Å². The van der Waals surface area contributed by atoms with Crippen molar-refractivity contribution in [1.29, 1.82) is 0 Å². The van der Waals surface area contributed by atoms with Gasteiger partial charge >= 0.3 is 0 Å². The van der Waals surface area contributed by atoms with Crippen molar-refractivity contribution in [2.45, 2.75) is 72.6 Å². The van der Waals surface area contributed by atoms with E-state index in [-0.39, 0.29) is 17.4 Å². The number of phenols is 1. The molecule has 0 saturated heterocycles. The van der Waals surface area contributed by atoms with Gasteiger partial charge in [-0.2, -0.15) is 0 Å². The second-order valence-corrected chi connectivity index (χ2v) is 7.97. The molecule has 0 fully saturated rings. The second kappa shape index (κ2) is 11.1. The lowest BCUT2D eigenvalue weighted by molar-refractivity contribution is -0.169. The van der Waals surface area contributed by atoms with Gasteiger partial charge in [-0.3, -0.25) is 14.8 Å². The van der Waals surface area contributed by atoms with Gasteiger partial charge in [0.25, 0.3) is 5.91 Å². The number of nitrogens with zero attached hydrogens (tertiary/aromatic N) is 1. The summed E-state index contributed by atoms with van der Waals surface area (Å²) in [7, 11) is 1.36. The van der Waals surface area contributed by atoms with Gasteiger partial charge < -0.3 is 9.84 Å². The van der Waals surface area contributed by atoms with Gasteiger partial charge in [0.1, 0.15) is 11.5 Å². The minimum absolute atomic E-state index is 0.0367. The largest absolute Gasteiger partial charge is 0.507 e. The van der Waals surface area contributed by atoms with E-state index in [4.69, 9.17) is 4.74 Å². The van der Waals surface area contributed by atoms with Crippen molar-refractivity contribution in [2.75, 3.05) is 13.7 Å². The molecule has 0 aromatic heterocycles. The fourth-order valence-electron chi connectivity index (χ4n) is 3.23. The predicted molar refractivity (Wildman–Crippen MR) is 109 cm³/mol. The van der Waals surface area contributed by atoms with Crippen LogP contribution in [0.1, 0.15) is 82.1 Å². The zero-order valence-corrected chi connectivity index (χ0v) is 17.9. The molecule has 0 aliphatic carbocycles. The van der Waals surface area contributed by atoms with Crippen LogP contribution < -0.4 is 4.74 Å². The number of hydrogen-bond donors (Lipinski definition) is 2. The Morgan fingerprint density at radius 2 is 1.71 bits per heavy atom. The van der Waals surface area contributed by atoms with E-state index >= 15 is 0 Å². The van der Waals surface area contributed by atoms with E-state index in [1.165, 1.54) is 20.0 Å². The van der Waals surface area contributed by atoms with Gasteiger partial charge in [0, 0.05) is 18.5 Å². The molecule has 0 aliphatic rings. The number of ketones is 1. The van der Waals surface area contributed by atoms with Crippen LogP contribution in [0.5, 0.6) is 11.5 Å². The lowest BCUT2D eigenvalue weighted by Gasteiger charge is -2.25. The minimum Gasteiger partial charge on any atom is -0.507 e. The molecule has 0 aliphatic heterocycles. The molecular formula is C22H35NO5. The maximum absolute atomic E-state index is 11.9. The zero-order valence-electron chi connectivity index (χ0n) is 17.9. The molecule has 0 spiro atoms. The Morgan fingerprint density at radius 3 is 2.29 bits per heavy atom. The number of ether oxygens (including phenoxy) is 1. The Bertz CT molecular complexity index is 667. The Hall–Kier alpha value is -2.08. The van der Waals surface area contributed by atoms with Crippen LogP contribution in [-0.4, -0.2) is 40.7 Å². The average Bonchev–Trinajstić information content (AvgIpc) is 2.62. The van der Waals surface area contributed by atoms with Crippen molar-refractivity contribution >= 4 is 11.7 Å². The normalized spacial score (nSPS) is 11.4. The van der Waals surface area contributed by atoms with E-state index in [9.17, 15) is 19.9 Å². The SMILES string of the molecule is CCc1cc(C(C)=O)c(O)cc1OCCCCCCCC(C)(C)C(=O)N(C)O. The molecule has 0 radical (unpaired) electrons. The van der Waals surface area contributed by atoms with Crippen molar-refractivity contribution in [2.24, 2.45) is 5.41 Å². The third kappa shape index (κ3) is 7.15. The van der Waals surface area contributed by atoms with E-state index in [1.54, 1.807) is 6.07 Å². The summed E-state index contributed by atoms with van der Waals surface area (Å²) in [5, 5.41) is 19.9. The third-order valence-electron chi connectivity index (χ3n) is 5.02. The topological polar surface area (TPSA) is 87.1 Å². The van der Waals surface area contributed by atoms with Gasteiger partial charge in [-0.1, -0.05) is 46.5 Å². The summed E-state index contributed by atoms with van der Waals surface area (Å²) in [5.74, 6) is 0.185. The number of carbonyl (C=O) groups excluding carboxylic acids is 2. The number of phenolic OH excluding ortho intramolecular Hbond substituents is 1. The Kier molecular flexibility index (Phi) is 9.46. The average molecular weight is 394 g/mol. The Labute approximate surface area is 168 Å². The number of unbranched alkanes of at least 4 members (excludes halogenated alkanes) is 4. The first kappa shape index (κ1) is 24.0. The van der Waals surface area contributed by atoms with E-state index in [0.717, 1.165) is 50.5 Å². The van der Waals surface area contributed by atoms with E-state index in [0.29, 0.717) is 23.0 Å². The summed E-state index contributed by atoms with van der Waals surface area (Å²) in [5.41, 5.74) is 0.707. The summed E-state index contributed by atoms with van der Waals surface area (Å²) < 4.78 is 5.81. The van der Waals surface area contributed by atoms with Crippen molar-refractivity contribution in [3.05, 3.63) is 23.3 Å². The van der Waals surface area contributed by atoms with Gasteiger partial charge in [0.2, 0.25) is 0 Å². The van der Waals surface area contributed by atoms with E-state index in [1.807, 2.05) is 20.8 Å². The molecule has 158 valence electrons. The monoisotopic (exact) mass is 393 g/mol. The number of hydroxylamine groups is 2. The molecular weight excluding hydrogens is 358 g/mol. The van der Waals surface area contributed by atoms with E-state index in [2.05, 4.69) is 0 Å². The van der Waals surface area contributed by atoms with Crippen molar-refractivity contribution < 1.29 is 24.6 Å². The molecule has 1 amide bonds. The van der Waals surface area contributed by atoms with Crippen LogP contribution in [0.15, 0.2) is 12.1 Å². The van der Waals surface area contributed by atoms with Crippen LogP contribution in [0.2, 0.25) is 0 Å².